The smallest absolute Gasteiger partial charge is 0.177 e. The van der Waals surface area contributed by atoms with Gasteiger partial charge >= 0.3 is 0 Å². The van der Waals surface area contributed by atoms with Crippen molar-refractivity contribution in [2.24, 2.45) is 0 Å². The molecule has 1 aromatic heterocycles. The van der Waals surface area contributed by atoms with Crippen molar-refractivity contribution in [3.05, 3.63) is 55.2 Å². The fraction of sp³-hybridized carbons (Fsp3) is 0.214. The van der Waals surface area contributed by atoms with E-state index >= 15 is 0 Å². The van der Waals surface area contributed by atoms with E-state index in [-0.39, 0.29) is 5.78 Å². The van der Waals surface area contributed by atoms with Crippen molar-refractivity contribution in [3.63, 3.8) is 0 Å². The van der Waals surface area contributed by atoms with Gasteiger partial charge in [-0.15, -0.1) is 11.3 Å². The fourth-order valence-electron chi connectivity index (χ4n) is 1.83. The highest BCUT2D eigenvalue weighted by molar-refractivity contribution is 7.14. The van der Waals surface area contributed by atoms with Crippen LogP contribution in [0.1, 0.15) is 25.7 Å². The maximum atomic E-state index is 12.2. The summed E-state index contributed by atoms with van der Waals surface area (Å²) in [5.74, 6) is 0.129. The molecule has 0 aliphatic heterocycles. The Hall–Kier alpha value is -0.830. The summed E-state index contributed by atoms with van der Waals surface area (Å²) in [7, 11) is 0. The molecule has 4 heteroatoms. The molecule has 0 radical (unpaired) electrons. The molecular formula is C14H12Cl2OS. The van der Waals surface area contributed by atoms with E-state index in [0.29, 0.717) is 16.5 Å². The number of hydrogen-bond donors (Lipinski definition) is 0. The van der Waals surface area contributed by atoms with Crippen molar-refractivity contribution in [2.45, 2.75) is 20.3 Å². The van der Waals surface area contributed by atoms with Gasteiger partial charge in [-0.1, -0.05) is 29.3 Å². The third-order valence-electron chi connectivity index (χ3n) is 2.64. The maximum absolute atomic E-state index is 12.2. The predicted molar refractivity (Wildman–Crippen MR) is 78.3 cm³/mol. The molecule has 1 aromatic carbocycles. The number of carbonyl (C=O) groups is 1. The molecule has 0 aliphatic carbocycles. The number of carbonyl (C=O) groups excluding carboxylic acids is 1. The number of Topliss-reactive ketones (excluding diaryl/α,β-unsaturated/α-hetero) is 1. The Labute approximate surface area is 120 Å². The molecule has 0 saturated heterocycles. The summed E-state index contributed by atoms with van der Waals surface area (Å²) in [6.07, 6.45) is 0.359. The van der Waals surface area contributed by atoms with Gasteiger partial charge in [0.05, 0.1) is 14.9 Å². The van der Waals surface area contributed by atoms with E-state index in [4.69, 9.17) is 23.2 Å². The van der Waals surface area contributed by atoms with Gasteiger partial charge in [0, 0.05) is 11.3 Å². The van der Waals surface area contributed by atoms with Crippen LogP contribution in [-0.2, 0) is 6.42 Å². The van der Waals surface area contributed by atoms with Gasteiger partial charge in [0.15, 0.2) is 5.78 Å². The first-order chi connectivity index (χ1) is 8.47. The summed E-state index contributed by atoms with van der Waals surface area (Å²) >= 11 is 13.3. The topological polar surface area (TPSA) is 17.1 Å². The van der Waals surface area contributed by atoms with E-state index < -0.39 is 0 Å². The van der Waals surface area contributed by atoms with Crippen LogP contribution < -0.4 is 0 Å². The van der Waals surface area contributed by atoms with E-state index in [1.807, 2.05) is 26.0 Å². The van der Waals surface area contributed by atoms with Crippen LogP contribution in [0.2, 0.25) is 10.0 Å². The zero-order valence-corrected chi connectivity index (χ0v) is 12.4. The normalized spacial score (nSPS) is 10.7. The number of benzene rings is 1. The summed E-state index contributed by atoms with van der Waals surface area (Å²) in [5.41, 5.74) is 1.93. The fourth-order valence-corrected chi connectivity index (χ4v) is 3.12. The van der Waals surface area contributed by atoms with E-state index in [1.54, 1.807) is 23.5 Å². The van der Waals surface area contributed by atoms with E-state index in [0.717, 1.165) is 20.9 Å². The Morgan fingerprint density at radius 2 is 1.89 bits per heavy atom. The molecule has 0 bridgehead atoms. The lowest BCUT2D eigenvalue weighted by Crippen LogP contribution is -2.02. The Kier molecular flexibility index (Phi) is 4.10. The monoisotopic (exact) mass is 298 g/mol. The molecule has 94 valence electrons. The molecule has 1 nitrogen and oxygen atoms in total. The molecule has 1 heterocycles. The van der Waals surface area contributed by atoms with Crippen LogP contribution in [0.4, 0.5) is 0 Å². The van der Waals surface area contributed by atoms with Gasteiger partial charge in [-0.25, -0.2) is 0 Å². The van der Waals surface area contributed by atoms with Crippen molar-refractivity contribution in [1.29, 1.82) is 0 Å². The van der Waals surface area contributed by atoms with Gasteiger partial charge in [-0.3, -0.25) is 4.79 Å². The summed E-state index contributed by atoms with van der Waals surface area (Å²) in [4.78, 5) is 14.2. The molecule has 18 heavy (non-hydrogen) atoms. The summed E-state index contributed by atoms with van der Waals surface area (Å²) < 4.78 is 0. The highest BCUT2D eigenvalue weighted by Gasteiger charge is 2.13. The molecule has 0 saturated carbocycles. The van der Waals surface area contributed by atoms with Crippen molar-refractivity contribution >= 4 is 40.3 Å². The minimum absolute atomic E-state index is 0.129. The van der Waals surface area contributed by atoms with Crippen molar-refractivity contribution in [2.75, 3.05) is 0 Å². The average molecular weight is 299 g/mol. The molecule has 0 atom stereocenters. The number of hydrogen-bond acceptors (Lipinski definition) is 2. The third-order valence-corrected chi connectivity index (χ3v) is 4.58. The van der Waals surface area contributed by atoms with Gasteiger partial charge in [-0.2, -0.15) is 0 Å². The summed E-state index contributed by atoms with van der Waals surface area (Å²) in [6, 6.07) is 7.34. The van der Waals surface area contributed by atoms with Crippen LogP contribution in [0.25, 0.3) is 0 Å². The largest absolute Gasteiger partial charge is 0.293 e. The highest BCUT2D eigenvalue weighted by atomic mass is 35.5. The first-order valence-corrected chi connectivity index (χ1v) is 7.09. The highest BCUT2D eigenvalue weighted by Crippen LogP contribution is 2.25. The quantitative estimate of drug-likeness (QED) is 0.721. The number of halogens is 2. The first-order valence-electron chi connectivity index (χ1n) is 5.51. The minimum Gasteiger partial charge on any atom is -0.293 e. The average Bonchev–Trinajstić information content (AvgIpc) is 2.63. The molecule has 0 amide bonds. The number of aryl methyl sites for hydroxylation is 2. The zero-order chi connectivity index (χ0) is 13.3. The Bertz CT molecular complexity index is 602. The standard InChI is InChI=1S/C14H12Cl2OS/c1-8-5-9(2)18-14(8)13(17)7-10-3-4-11(15)12(16)6-10/h3-6H,7H2,1-2H3. The van der Waals surface area contributed by atoms with E-state index in [9.17, 15) is 4.79 Å². The Balaban J connectivity index is 2.21. The molecule has 0 N–H and O–H groups in total. The van der Waals surface area contributed by atoms with Crippen LogP contribution in [0.15, 0.2) is 24.3 Å². The molecule has 0 fully saturated rings. The maximum Gasteiger partial charge on any atom is 0.177 e. The lowest BCUT2D eigenvalue weighted by atomic mass is 10.1. The van der Waals surface area contributed by atoms with Gasteiger partial charge < -0.3 is 0 Å². The Morgan fingerprint density at radius 3 is 2.44 bits per heavy atom. The molecule has 0 spiro atoms. The molecule has 0 unspecified atom stereocenters. The molecule has 0 aliphatic rings. The van der Waals surface area contributed by atoms with E-state index in [1.165, 1.54) is 0 Å². The number of rotatable bonds is 3. The molecule has 2 rings (SSSR count). The van der Waals surface area contributed by atoms with Gasteiger partial charge in [0.2, 0.25) is 0 Å². The predicted octanol–water partition coefficient (Wildman–Crippen LogP) is 5.10. The van der Waals surface area contributed by atoms with Crippen LogP contribution in [0.5, 0.6) is 0 Å². The van der Waals surface area contributed by atoms with Gasteiger partial charge in [0.25, 0.3) is 0 Å². The Morgan fingerprint density at radius 1 is 1.17 bits per heavy atom. The molecule has 2 aromatic rings. The van der Waals surface area contributed by atoms with Crippen LogP contribution >= 0.6 is 34.5 Å². The second-order valence-corrected chi connectivity index (χ2v) is 6.29. The lowest BCUT2D eigenvalue weighted by Gasteiger charge is -2.02. The number of ketones is 1. The van der Waals surface area contributed by atoms with Crippen LogP contribution in [-0.4, -0.2) is 5.78 Å². The lowest BCUT2D eigenvalue weighted by molar-refractivity contribution is 0.0996. The van der Waals surface area contributed by atoms with Crippen LogP contribution in [0, 0.1) is 13.8 Å². The molecular weight excluding hydrogens is 287 g/mol. The van der Waals surface area contributed by atoms with Crippen molar-refractivity contribution in [1.82, 2.24) is 0 Å². The van der Waals surface area contributed by atoms with Crippen molar-refractivity contribution < 1.29 is 4.79 Å². The first kappa shape index (κ1) is 13.6. The third kappa shape index (κ3) is 2.94. The van der Waals surface area contributed by atoms with Crippen molar-refractivity contribution in [3.8, 4) is 0 Å². The van der Waals surface area contributed by atoms with E-state index in [2.05, 4.69) is 0 Å². The second kappa shape index (κ2) is 5.43. The second-order valence-electron chi connectivity index (χ2n) is 4.22. The SMILES string of the molecule is Cc1cc(C)c(C(=O)Cc2ccc(Cl)c(Cl)c2)s1. The summed E-state index contributed by atoms with van der Waals surface area (Å²) in [6.45, 7) is 3.97. The summed E-state index contributed by atoms with van der Waals surface area (Å²) in [5, 5.41) is 0.997. The van der Waals surface area contributed by atoms with Gasteiger partial charge in [0.1, 0.15) is 0 Å². The van der Waals surface area contributed by atoms with Gasteiger partial charge in [-0.05, 0) is 43.2 Å². The zero-order valence-electron chi connectivity index (χ0n) is 10.1. The van der Waals surface area contributed by atoms with Crippen LogP contribution in [0.3, 0.4) is 0 Å². The minimum atomic E-state index is 0.129. The number of thiophene rings is 1.